The summed E-state index contributed by atoms with van der Waals surface area (Å²) in [6, 6.07) is 7.29. The molecule has 104 valence electrons. The standard InChI is InChI=1S/C14H15N3O2S/c1-17-14(19)11-5-3-2-4-10(11)12(16-17)13(18)15-9-6-7-20-8-9/h2-5,9H,6-8H2,1H3,(H,15,18)/t9-/m0/s1. The minimum absolute atomic E-state index is 0.187. The fourth-order valence-electron chi connectivity index (χ4n) is 2.37. The van der Waals surface area contributed by atoms with Crippen LogP contribution in [0.3, 0.4) is 0 Å². The molecule has 1 amide bonds. The Bertz CT molecular complexity index is 720. The van der Waals surface area contributed by atoms with Gasteiger partial charge in [0.15, 0.2) is 5.69 Å². The first-order chi connectivity index (χ1) is 9.66. The van der Waals surface area contributed by atoms with Crippen molar-refractivity contribution in [3.05, 3.63) is 40.3 Å². The minimum atomic E-state index is -0.204. The van der Waals surface area contributed by atoms with Crippen molar-refractivity contribution in [2.24, 2.45) is 7.05 Å². The van der Waals surface area contributed by atoms with Gasteiger partial charge in [0.05, 0.1) is 5.39 Å². The molecule has 2 heterocycles. The van der Waals surface area contributed by atoms with Crippen molar-refractivity contribution in [2.75, 3.05) is 11.5 Å². The van der Waals surface area contributed by atoms with Crippen LogP contribution in [0.15, 0.2) is 29.1 Å². The van der Waals surface area contributed by atoms with Gasteiger partial charge < -0.3 is 5.32 Å². The van der Waals surface area contributed by atoms with E-state index >= 15 is 0 Å². The predicted molar refractivity (Wildman–Crippen MR) is 80.2 cm³/mol. The van der Waals surface area contributed by atoms with E-state index in [9.17, 15) is 9.59 Å². The lowest BCUT2D eigenvalue weighted by Gasteiger charge is -2.12. The van der Waals surface area contributed by atoms with E-state index in [1.165, 1.54) is 4.68 Å². The summed E-state index contributed by atoms with van der Waals surface area (Å²) in [5.41, 5.74) is 0.133. The molecule has 0 bridgehead atoms. The van der Waals surface area contributed by atoms with Gasteiger partial charge in [-0.15, -0.1) is 0 Å². The SMILES string of the molecule is Cn1nc(C(=O)N[C@H]2CCSC2)c2ccccc2c1=O. The Kier molecular flexibility index (Phi) is 3.48. The zero-order valence-corrected chi connectivity index (χ0v) is 11.9. The first kappa shape index (κ1) is 13.2. The van der Waals surface area contributed by atoms with E-state index in [1.807, 2.05) is 17.8 Å². The van der Waals surface area contributed by atoms with Crippen LogP contribution in [0.1, 0.15) is 16.9 Å². The van der Waals surface area contributed by atoms with Crippen molar-refractivity contribution < 1.29 is 4.79 Å². The average molecular weight is 289 g/mol. The van der Waals surface area contributed by atoms with Crippen LogP contribution in [0, 0.1) is 0 Å². The minimum Gasteiger partial charge on any atom is -0.347 e. The van der Waals surface area contributed by atoms with Crippen molar-refractivity contribution in [3.63, 3.8) is 0 Å². The lowest BCUT2D eigenvalue weighted by atomic mass is 10.1. The van der Waals surface area contributed by atoms with E-state index < -0.39 is 0 Å². The maximum Gasteiger partial charge on any atom is 0.274 e. The van der Waals surface area contributed by atoms with E-state index in [0.717, 1.165) is 17.9 Å². The molecule has 5 nitrogen and oxygen atoms in total. The van der Waals surface area contributed by atoms with Gasteiger partial charge in [-0.05, 0) is 18.2 Å². The third kappa shape index (κ3) is 2.31. The highest BCUT2D eigenvalue weighted by molar-refractivity contribution is 7.99. The summed E-state index contributed by atoms with van der Waals surface area (Å²) < 4.78 is 1.22. The molecule has 0 radical (unpaired) electrons. The number of carbonyl (C=O) groups is 1. The number of carbonyl (C=O) groups excluding carboxylic acids is 1. The number of nitrogens with one attached hydrogen (secondary N) is 1. The van der Waals surface area contributed by atoms with E-state index in [2.05, 4.69) is 10.4 Å². The summed E-state index contributed by atoms with van der Waals surface area (Å²) in [7, 11) is 1.57. The van der Waals surface area contributed by atoms with E-state index in [-0.39, 0.29) is 17.5 Å². The second kappa shape index (κ2) is 5.28. The van der Waals surface area contributed by atoms with Crippen LogP contribution in [-0.4, -0.2) is 33.2 Å². The number of rotatable bonds is 2. The van der Waals surface area contributed by atoms with Crippen LogP contribution >= 0.6 is 11.8 Å². The van der Waals surface area contributed by atoms with Gasteiger partial charge >= 0.3 is 0 Å². The third-order valence-corrected chi connectivity index (χ3v) is 4.60. The van der Waals surface area contributed by atoms with E-state index in [4.69, 9.17) is 0 Å². The van der Waals surface area contributed by atoms with Gasteiger partial charge in [0, 0.05) is 24.2 Å². The van der Waals surface area contributed by atoms with Crippen LogP contribution in [0.25, 0.3) is 10.8 Å². The highest BCUT2D eigenvalue weighted by Crippen LogP contribution is 2.18. The van der Waals surface area contributed by atoms with E-state index in [0.29, 0.717) is 16.5 Å². The Morgan fingerprint density at radius 3 is 2.85 bits per heavy atom. The van der Waals surface area contributed by atoms with Gasteiger partial charge in [0.25, 0.3) is 11.5 Å². The zero-order valence-electron chi connectivity index (χ0n) is 11.1. The normalized spacial score (nSPS) is 18.4. The summed E-state index contributed by atoms with van der Waals surface area (Å²) in [6.07, 6.45) is 0.986. The molecule has 1 saturated heterocycles. The van der Waals surface area contributed by atoms with Crippen molar-refractivity contribution in [1.82, 2.24) is 15.1 Å². The smallest absolute Gasteiger partial charge is 0.274 e. The second-order valence-corrected chi connectivity index (χ2v) is 6.01. The molecule has 3 rings (SSSR count). The number of aromatic nitrogens is 2. The lowest BCUT2D eigenvalue weighted by molar-refractivity contribution is 0.0936. The lowest BCUT2D eigenvalue weighted by Crippen LogP contribution is -2.36. The number of amides is 1. The number of aryl methyl sites for hydroxylation is 1. The summed E-state index contributed by atoms with van der Waals surface area (Å²) in [4.78, 5) is 24.4. The molecule has 6 heteroatoms. The fraction of sp³-hybridized carbons (Fsp3) is 0.357. The van der Waals surface area contributed by atoms with Gasteiger partial charge in [0.2, 0.25) is 0 Å². The largest absolute Gasteiger partial charge is 0.347 e. The van der Waals surface area contributed by atoms with Gasteiger partial charge in [-0.2, -0.15) is 16.9 Å². The Hall–Kier alpha value is -1.82. The average Bonchev–Trinajstić information content (AvgIpc) is 2.95. The molecule has 0 aliphatic carbocycles. The summed E-state index contributed by atoms with van der Waals surface area (Å²) >= 11 is 1.84. The van der Waals surface area contributed by atoms with Crippen LogP contribution in [0.4, 0.5) is 0 Å². The number of hydrogen-bond acceptors (Lipinski definition) is 4. The highest BCUT2D eigenvalue weighted by atomic mass is 32.2. The molecule has 0 unspecified atom stereocenters. The van der Waals surface area contributed by atoms with Crippen molar-refractivity contribution in [3.8, 4) is 0 Å². The molecule has 1 aromatic heterocycles. The molecular weight excluding hydrogens is 274 g/mol. The third-order valence-electron chi connectivity index (χ3n) is 3.44. The highest BCUT2D eigenvalue weighted by Gasteiger charge is 2.21. The Labute approximate surface area is 120 Å². The Balaban J connectivity index is 2.04. The van der Waals surface area contributed by atoms with Crippen molar-refractivity contribution in [2.45, 2.75) is 12.5 Å². The molecular formula is C14H15N3O2S. The molecule has 0 spiro atoms. The number of nitrogens with zero attached hydrogens (tertiary/aromatic N) is 2. The number of hydrogen-bond donors (Lipinski definition) is 1. The first-order valence-corrected chi connectivity index (χ1v) is 7.67. The predicted octanol–water partition coefficient (Wildman–Crippen LogP) is 1.17. The quantitative estimate of drug-likeness (QED) is 0.901. The van der Waals surface area contributed by atoms with Gasteiger partial charge in [-0.3, -0.25) is 9.59 Å². The Morgan fingerprint density at radius 2 is 2.15 bits per heavy atom. The molecule has 1 atom stereocenters. The molecule has 1 aliphatic rings. The summed E-state index contributed by atoms with van der Waals surface area (Å²) in [6.45, 7) is 0. The molecule has 1 aliphatic heterocycles. The van der Waals surface area contributed by atoms with Crippen LogP contribution in [0.2, 0.25) is 0 Å². The van der Waals surface area contributed by atoms with Gasteiger partial charge in [-0.1, -0.05) is 18.2 Å². The molecule has 1 N–H and O–H groups in total. The molecule has 1 fully saturated rings. The monoisotopic (exact) mass is 289 g/mol. The zero-order chi connectivity index (χ0) is 14.1. The second-order valence-electron chi connectivity index (χ2n) is 4.86. The maximum atomic E-state index is 12.4. The number of fused-ring (bicyclic) bond motifs is 1. The van der Waals surface area contributed by atoms with Gasteiger partial charge in [0.1, 0.15) is 0 Å². The number of thioether (sulfide) groups is 1. The Morgan fingerprint density at radius 1 is 1.40 bits per heavy atom. The van der Waals surface area contributed by atoms with Crippen molar-refractivity contribution in [1.29, 1.82) is 0 Å². The van der Waals surface area contributed by atoms with Crippen LogP contribution < -0.4 is 10.9 Å². The van der Waals surface area contributed by atoms with Gasteiger partial charge in [-0.25, -0.2) is 4.68 Å². The molecule has 0 saturated carbocycles. The number of benzene rings is 1. The molecule has 2 aromatic rings. The summed E-state index contributed by atoms with van der Waals surface area (Å²) in [5.74, 6) is 1.81. The molecule has 1 aromatic carbocycles. The topological polar surface area (TPSA) is 64.0 Å². The van der Waals surface area contributed by atoms with E-state index in [1.54, 1.807) is 25.2 Å². The van der Waals surface area contributed by atoms with Crippen LogP contribution in [-0.2, 0) is 7.05 Å². The van der Waals surface area contributed by atoms with Crippen molar-refractivity contribution >= 4 is 28.4 Å². The first-order valence-electron chi connectivity index (χ1n) is 6.51. The summed E-state index contributed by atoms with van der Waals surface area (Å²) in [5, 5.41) is 8.26. The van der Waals surface area contributed by atoms with Crippen LogP contribution in [0.5, 0.6) is 0 Å². The molecule has 20 heavy (non-hydrogen) atoms. The fourth-order valence-corrected chi connectivity index (χ4v) is 3.52. The maximum absolute atomic E-state index is 12.4.